The number of primary amides is 1. The van der Waals surface area contributed by atoms with Crippen LogP contribution in [-0.4, -0.2) is 106 Å². The zero-order valence-corrected chi connectivity index (χ0v) is 36.5. The number of piperidine rings is 2. The van der Waals surface area contributed by atoms with Gasteiger partial charge in [-0.1, -0.05) is 24.8 Å². The number of benzene rings is 2. The molecule has 2 aromatic carbocycles. The molecule has 0 radical (unpaired) electrons. The molecule has 4 aliphatic rings. The van der Waals surface area contributed by atoms with Gasteiger partial charge in [0.2, 0.25) is 17.7 Å². The Bertz CT molecular complexity index is 2550. The normalized spacial score (nSPS) is 24.6. The van der Waals surface area contributed by atoms with Gasteiger partial charge in [0.1, 0.15) is 18.4 Å². The van der Waals surface area contributed by atoms with Gasteiger partial charge in [-0.3, -0.25) is 38.5 Å². The number of likely N-dealkylation sites (tertiary alicyclic amines) is 1. The molecule has 5 heterocycles. The Morgan fingerprint density at radius 1 is 1.00 bits per heavy atom. The average Bonchev–Trinajstić information content (AvgIpc) is 3.70. The SMILES string of the molecule is CC[C@@H]1[C@H](F)C(=O)N[C@@H]1COc1ncc(C#CC2CCC(CN(C)C3CCN(Cc4ccc5c(c4)n(C)c(=O)n5C4CCC(=O)NC4=O)CC3)CC2)c2cc(C(N)=O)c(OC)cc12. The summed E-state index contributed by atoms with van der Waals surface area (Å²) in [5, 5.41) is 6.28. The van der Waals surface area contributed by atoms with Crippen LogP contribution in [0.3, 0.4) is 0 Å². The monoisotopic (exact) mass is 864 g/mol. The Balaban J connectivity index is 0.849. The molecule has 63 heavy (non-hydrogen) atoms. The number of carbonyl (C=O) groups excluding carboxylic acids is 4. The van der Waals surface area contributed by atoms with Gasteiger partial charge >= 0.3 is 5.69 Å². The third-order valence-corrected chi connectivity index (χ3v) is 13.8. The van der Waals surface area contributed by atoms with Crippen LogP contribution in [0.2, 0.25) is 0 Å². The topological polar surface area (TPSA) is 183 Å². The molecule has 1 aliphatic carbocycles. The first-order valence-corrected chi connectivity index (χ1v) is 22.2. The summed E-state index contributed by atoms with van der Waals surface area (Å²) in [6.45, 7) is 5.66. The maximum atomic E-state index is 14.5. The molecule has 1 unspecified atom stereocenters. The van der Waals surface area contributed by atoms with Gasteiger partial charge in [0, 0.05) is 61.4 Å². The quantitative estimate of drug-likeness (QED) is 0.139. The number of carbonyl (C=O) groups is 4. The maximum Gasteiger partial charge on any atom is 0.329 e. The number of imide groups is 1. The fourth-order valence-electron chi connectivity index (χ4n) is 10.2. The van der Waals surface area contributed by atoms with Crippen LogP contribution in [0.1, 0.15) is 92.2 Å². The lowest BCUT2D eigenvalue weighted by atomic mass is 9.81. The van der Waals surface area contributed by atoms with Gasteiger partial charge in [0.25, 0.3) is 11.8 Å². The van der Waals surface area contributed by atoms with E-state index >= 15 is 0 Å². The van der Waals surface area contributed by atoms with E-state index in [0.717, 1.165) is 75.8 Å². The minimum atomic E-state index is -1.58. The summed E-state index contributed by atoms with van der Waals surface area (Å²) in [5.41, 5.74) is 8.91. The first-order chi connectivity index (χ1) is 30.3. The zero-order chi connectivity index (χ0) is 44.5. The second kappa shape index (κ2) is 18.5. The van der Waals surface area contributed by atoms with Crippen LogP contribution in [0.5, 0.6) is 11.6 Å². The van der Waals surface area contributed by atoms with E-state index in [1.54, 1.807) is 29.9 Å². The molecular formula is C47H57FN8O7. The Morgan fingerprint density at radius 3 is 2.46 bits per heavy atom. The van der Waals surface area contributed by atoms with Crippen molar-refractivity contribution < 1.29 is 33.0 Å². The second-order valence-electron chi connectivity index (χ2n) is 17.8. The molecule has 4 fully saturated rings. The predicted molar refractivity (Wildman–Crippen MR) is 235 cm³/mol. The van der Waals surface area contributed by atoms with Gasteiger partial charge in [-0.15, -0.1) is 0 Å². The summed E-state index contributed by atoms with van der Waals surface area (Å²) in [4.78, 5) is 71.6. The van der Waals surface area contributed by atoms with Crippen molar-refractivity contribution in [1.29, 1.82) is 0 Å². The van der Waals surface area contributed by atoms with Gasteiger partial charge in [-0.25, -0.2) is 14.2 Å². The van der Waals surface area contributed by atoms with E-state index in [1.165, 1.54) is 11.7 Å². The number of fused-ring (bicyclic) bond motifs is 2. The lowest BCUT2D eigenvalue weighted by Crippen LogP contribution is -2.44. The largest absolute Gasteiger partial charge is 0.496 e. The molecule has 15 nitrogen and oxygen atoms in total. The summed E-state index contributed by atoms with van der Waals surface area (Å²) >= 11 is 0. The number of amides is 4. The van der Waals surface area contributed by atoms with Crippen LogP contribution >= 0.6 is 0 Å². The lowest BCUT2D eigenvalue weighted by Gasteiger charge is -2.39. The number of pyridine rings is 1. The second-order valence-corrected chi connectivity index (χ2v) is 17.8. The van der Waals surface area contributed by atoms with E-state index in [2.05, 4.69) is 44.3 Å². The van der Waals surface area contributed by atoms with Crippen LogP contribution in [0, 0.1) is 29.6 Å². The predicted octanol–water partition coefficient (Wildman–Crippen LogP) is 3.97. The van der Waals surface area contributed by atoms with Crippen molar-refractivity contribution in [3.8, 4) is 23.5 Å². The molecule has 334 valence electrons. The Hall–Kier alpha value is -5.79. The van der Waals surface area contributed by atoms with E-state index in [1.807, 2.05) is 25.1 Å². The Labute approximate surface area is 365 Å². The number of nitrogens with two attached hydrogens (primary N) is 1. The van der Waals surface area contributed by atoms with Gasteiger partial charge in [-0.05, 0) is 107 Å². The van der Waals surface area contributed by atoms with E-state index in [0.29, 0.717) is 46.7 Å². The third-order valence-electron chi connectivity index (χ3n) is 13.8. The molecule has 4 aromatic rings. The number of methoxy groups -OCH3 is 1. The number of aryl methyl sites for hydroxylation is 1. The van der Waals surface area contributed by atoms with Crippen molar-refractivity contribution in [2.45, 2.75) is 95.6 Å². The molecule has 16 heteroatoms. The fourth-order valence-corrected chi connectivity index (χ4v) is 10.2. The summed E-state index contributed by atoms with van der Waals surface area (Å²) < 4.78 is 29.2. The number of nitrogens with one attached hydrogen (secondary N) is 2. The van der Waals surface area contributed by atoms with Crippen LogP contribution in [0.4, 0.5) is 4.39 Å². The molecule has 2 aromatic heterocycles. The van der Waals surface area contributed by atoms with Crippen molar-refractivity contribution in [1.82, 2.24) is 34.6 Å². The summed E-state index contributed by atoms with van der Waals surface area (Å²) in [5.74, 6) is 5.68. The molecule has 1 saturated carbocycles. The highest BCUT2D eigenvalue weighted by molar-refractivity contribution is 6.03. The number of halogens is 1. The van der Waals surface area contributed by atoms with E-state index in [9.17, 15) is 28.4 Å². The van der Waals surface area contributed by atoms with E-state index in [-0.39, 0.29) is 47.7 Å². The number of ether oxygens (including phenoxy) is 2. The highest BCUT2D eigenvalue weighted by Gasteiger charge is 2.42. The third kappa shape index (κ3) is 9.04. The van der Waals surface area contributed by atoms with Gasteiger partial charge in [0.05, 0.1) is 35.3 Å². The number of nitrogens with zero attached hydrogens (tertiary/aromatic N) is 5. The zero-order valence-electron chi connectivity index (χ0n) is 36.5. The minimum Gasteiger partial charge on any atom is -0.496 e. The van der Waals surface area contributed by atoms with Crippen molar-refractivity contribution in [3.63, 3.8) is 0 Å². The fraction of sp³-hybridized carbons (Fsp3) is 0.532. The molecular weight excluding hydrogens is 808 g/mol. The first kappa shape index (κ1) is 43.8. The van der Waals surface area contributed by atoms with Crippen molar-refractivity contribution in [2.75, 3.05) is 40.4 Å². The number of hydrogen-bond acceptors (Lipinski definition) is 10. The molecule has 3 aliphatic heterocycles. The number of alkyl halides is 1. The Kier molecular flexibility index (Phi) is 12.9. The molecule has 0 spiro atoms. The van der Waals surface area contributed by atoms with Crippen LogP contribution in [0.15, 0.2) is 41.3 Å². The summed E-state index contributed by atoms with van der Waals surface area (Å²) in [7, 11) is 5.43. The summed E-state index contributed by atoms with van der Waals surface area (Å²) in [6.07, 6.45) is 7.36. The molecule has 3 saturated heterocycles. The van der Waals surface area contributed by atoms with Crippen molar-refractivity contribution in [3.05, 3.63) is 63.7 Å². The van der Waals surface area contributed by atoms with Crippen LogP contribution in [0.25, 0.3) is 21.8 Å². The van der Waals surface area contributed by atoms with Crippen LogP contribution < -0.4 is 31.5 Å². The smallest absolute Gasteiger partial charge is 0.329 e. The Morgan fingerprint density at radius 2 is 1.76 bits per heavy atom. The average molecular weight is 865 g/mol. The molecule has 0 bridgehead atoms. The van der Waals surface area contributed by atoms with Gasteiger partial charge in [-0.2, -0.15) is 0 Å². The van der Waals surface area contributed by atoms with E-state index < -0.39 is 41.9 Å². The molecule has 8 rings (SSSR count). The number of imidazole rings is 1. The number of aromatic nitrogens is 3. The molecule has 4 N–H and O–H groups in total. The molecule has 4 amide bonds. The van der Waals surface area contributed by atoms with Gasteiger partial charge < -0.3 is 25.4 Å². The lowest BCUT2D eigenvalue weighted by molar-refractivity contribution is -0.135. The summed E-state index contributed by atoms with van der Waals surface area (Å²) in [6, 6.07) is 8.64. The highest BCUT2D eigenvalue weighted by atomic mass is 19.1. The first-order valence-electron chi connectivity index (χ1n) is 22.2. The van der Waals surface area contributed by atoms with E-state index in [4.69, 9.17) is 15.2 Å². The van der Waals surface area contributed by atoms with Crippen molar-refractivity contribution in [2.24, 2.45) is 30.5 Å². The maximum absolute atomic E-state index is 14.5. The molecule has 4 atom stereocenters. The van der Waals surface area contributed by atoms with Crippen LogP contribution in [-0.2, 0) is 28.0 Å². The number of hydrogen-bond donors (Lipinski definition) is 3. The number of rotatable bonds is 12. The highest BCUT2D eigenvalue weighted by Crippen LogP contribution is 2.35. The van der Waals surface area contributed by atoms with Gasteiger partial charge in [0.15, 0.2) is 6.17 Å². The standard InChI is InChI=1S/C47H57FN8O7/c1-5-32-36(51-45(60)42(32)48)26-63-46-34-22-40(62-4)35(43(49)58)21-33(34)30(23-50-46)12-10-27-6-8-28(9-7-27)24-53(2)31-16-18-55(19-17-31)25-29-11-13-37-39(20-29)54(3)47(61)56(37)38-14-15-41(57)52-44(38)59/h11,13,20-23,27-28,31-32,36,38,42H,5-9,14-19,24-26H2,1-4H3,(H2,49,58)(H,51,60)(H,52,57,59)/t27?,28?,32-,36+,38?,42-/m0/s1. The van der Waals surface area contributed by atoms with Crippen molar-refractivity contribution >= 4 is 45.4 Å². The minimum absolute atomic E-state index is 0.0330.